The van der Waals surface area contributed by atoms with Crippen LogP contribution in [0.25, 0.3) is 5.76 Å². The second-order valence-corrected chi connectivity index (χ2v) is 8.22. The summed E-state index contributed by atoms with van der Waals surface area (Å²) in [6.07, 6.45) is 1.71. The first kappa shape index (κ1) is 22.1. The van der Waals surface area contributed by atoms with Crippen molar-refractivity contribution in [2.75, 3.05) is 31.1 Å². The molecule has 0 aliphatic carbocycles. The number of amides is 1. The minimum atomic E-state index is -0.651. The number of carbonyl (C=O) groups is 2. The van der Waals surface area contributed by atoms with Crippen molar-refractivity contribution >= 4 is 23.1 Å². The highest BCUT2D eigenvalue weighted by Gasteiger charge is 2.47. The van der Waals surface area contributed by atoms with Crippen LogP contribution in [0.5, 0.6) is 0 Å². The number of anilines is 1. The van der Waals surface area contributed by atoms with Crippen molar-refractivity contribution in [3.05, 3.63) is 71.3 Å². The van der Waals surface area contributed by atoms with Crippen molar-refractivity contribution in [3.63, 3.8) is 0 Å². The number of ketones is 1. The van der Waals surface area contributed by atoms with Crippen LogP contribution < -0.4 is 4.90 Å². The summed E-state index contributed by atoms with van der Waals surface area (Å²) in [6.45, 7) is 6.99. The Kier molecular flexibility index (Phi) is 6.61. The molecule has 2 fully saturated rings. The second kappa shape index (κ2) is 9.57. The van der Waals surface area contributed by atoms with Gasteiger partial charge in [-0.1, -0.05) is 42.5 Å². The molecule has 2 aromatic carbocycles. The molecule has 1 amide bonds. The lowest BCUT2D eigenvalue weighted by Crippen LogP contribution is -2.36. The zero-order valence-electron chi connectivity index (χ0n) is 18.7. The lowest BCUT2D eigenvalue weighted by Gasteiger charge is -2.28. The molecule has 0 saturated carbocycles. The normalized spacial score (nSPS) is 22.5. The lowest BCUT2D eigenvalue weighted by molar-refractivity contribution is -0.140. The van der Waals surface area contributed by atoms with Crippen LogP contribution in [0.1, 0.15) is 43.9 Å². The van der Waals surface area contributed by atoms with Crippen LogP contribution in [-0.2, 0) is 14.3 Å². The molecule has 6 heteroatoms. The van der Waals surface area contributed by atoms with E-state index in [1.54, 1.807) is 29.2 Å². The number of Topliss-reactive ketones (excluding diaryl/α,β-unsaturated/α-hetero) is 1. The Morgan fingerprint density at radius 1 is 1.06 bits per heavy atom. The Morgan fingerprint density at radius 3 is 2.34 bits per heavy atom. The maximum absolute atomic E-state index is 13.1. The van der Waals surface area contributed by atoms with Crippen molar-refractivity contribution in [1.82, 2.24) is 4.90 Å². The van der Waals surface area contributed by atoms with Crippen molar-refractivity contribution in [2.45, 2.75) is 38.8 Å². The maximum Gasteiger partial charge on any atom is 0.295 e. The molecule has 0 spiro atoms. The van der Waals surface area contributed by atoms with Crippen LogP contribution in [0.2, 0.25) is 0 Å². The van der Waals surface area contributed by atoms with E-state index < -0.39 is 17.7 Å². The van der Waals surface area contributed by atoms with Crippen LogP contribution in [0.4, 0.5) is 5.69 Å². The number of hydrogen-bond donors (Lipinski definition) is 1. The van der Waals surface area contributed by atoms with Gasteiger partial charge in [-0.15, -0.1) is 0 Å². The van der Waals surface area contributed by atoms with Gasteiger partial charge in [0.15, 0.2) is 0 Å². The fourth-order valence-electron chi connectivity index (χ4n) is 4.63. The number of likely N-dealkylation sites (tertiary alicyclic amines) is 1. The minimum Gasteiger partial charge on any atom is -0.507 e. The van der Waals surface area contributed by atoms with Gasteiger partial charge in [-0.05, 0) is 44.4 Å². The molecular formula is C26H30N2O4. The average molecular weight is 435 g/mol. The molecule has 0 aromatic heterocycles. The van der Waals surface area contributed by atoms with E-state index in [4.69, 9.17) is 4.74 Å². The van der Waals surface area contributed by atoms with E-state index in [-0.39, 0.29) is 17.4 Å². The molecule has 2 saturated heterocycles. The average Bonchev–Trinajstić information content (AvgIpc) is 3.43. The molecule has 2 aromatic rings. The van der Waals surface area contributed by atoms with Crippen LogP contribution in [-0.4, -0.2) is 54.0 Å². The zero-order chi connectivity index (χ0) is 22.7. The van der Waals surface area contributed by atoms with E-state index in [0.29, 0.717) is 18.7 Å². The molecule has 2 atom stereocenters. The van der Waals surface area contributed by atoms with Gasteiger partial charge in [-0.3, -0.25) is 9.59 Å². The molecule has 1 N–H and O–H groups in total. The Bertz CT molecular complexity index is 990. The first-order valence-corrected chi connectivity index (χ1v) is 11.4. The lowest BCUT2D eigenvalue weighted by atomic mass is 9.95. The van der Waals surface area contributed by atoms with E-state index in [2.05, 4.69) is 18.7 Å². The highest BCUT2D eigenvalue weighted by atomic mass is 16.5. The van der Waals surface area contributed by atoms with Gasteiger partial charge < -0.3 is 19.6 Å². The van der Waals surface area contributed by atoms with Gasteiger partial charge in [0.05, 0.1) is 17.7 Å². The summed E-state index contributed by atoms with van der Waals surface area (Å²) in [7, 11) is 0. The van der Waals surface area contributed by atoms with Crippen molar-refractivity contribution in [2.24, 2.45) is 0 Å². The first-order valence-electron chi connectivity index (χ1n) is 11.4. The summed E-state index contributed by atoms with van der Waals surface area (Å²) in [5.41, 5.74) is 2.54. The summed E-state index contributed by atoms with van der Waals surface area (Å²) in [6, 6.07) is 16.2. The summed E-state index contributed by atoms with van der Waals surface area (Å²) in [5, 5.41) is 11.1. The summed E-state index contributed by atoms with van der Waals surface area (Å²) < 4.78 is 5.75. The van der Waals surface area contributed by atoms with Gasteiger partial charge in [-0.2, -0.15) is 0 Å². The predicted octanol–water partition coefficient (Wildman–Crippen LogP) is 4.13. The summed E-state index contributed by atoms with van der Waals surface area (Å²) in [5.74, 6) is -1.38. The Hall–Kier alpha value is -3.12. The van der Waals surface area contributed by atoms with Crippen molar-refractivity contribution in [1.29, 1.82) is 0 Å². The predicted molar refractivity (Wildman–Crippen MR) is 124 cm³/mol. The van der Waals surface area contributed by atoms with E-state index in [0.717, 1.165) is 37.2 Å². The number of benzene rings is 2. The van der Waals surface area contributed by atoms with Gasteiger partial charge in [0.1, 0.15) is 5.76 Å². The molecule has 32 heavy (non-hydrogen) atoms. The van der Waals surface area contributed by atoms with Gasteiger partial charge in [0.2, 0.25) is 0 Å². The van der Waals surface area contributed by atoms with Gasteiger partial charge in [0, 0.05) is 37.5 Å². The molecule has 2 unspecified atom stereocenters. The summed E-state index contributed by atoms with van der Waals surface area (Å²) >= 11 is 0. The number of rotatable bonds is 7. The molecule has 2 heterocycles. The monoisotopic (exact) mass is 434 g/mol. The van der Waals surface area contributed by atoms with Crippen LogP contribution in [0.3, 0.4) is 0 Å². The number of nitrogens with zero attached hydrogens (tertiary/aromatic N) is 2. The zero-order valence-corrected chi connectivity index (χ0v) is 18.7. The fraction of sp³-hybridized carbons (Fsp3) is 0.385. The maximum atomic E-state index is 13.1. The highest BCUT2D eigenvalue weighted by molar-refractivity contribution is 6.46. The molecule has 0 radical (unpaired) electrons. The van der Waals surface area contributed by atoms with Crippen LogP contribution in [0.15, 0.2) is 60.2 Å². The fourth-order valence-corrected chi connectivity index (χ4v) is 4.63. The largest absolute Gasteiger partial charge is 0.507 e. The third kappa shape index (κ3) is 4.15. The third-order valence-corrected chi connectivity index (χ3v) is 6.35. The smallest absolute Gasteiger partial charge is 0.295 e. The van der Waals surface area contributed by atoms with E-state index >= 15 is 0 Å². The second-order valence-electron chi connectivity index (χ2n) is 8.22. The number of aliphatic hydroxyl groups is 1. The standard InChI is InChI=1S/C26H30N2O4/c1-3-27(4-2)20-14-12-18(13-15-20)23-22(24(29)19-9-6-5-7-10-19)25(30)26(31)28(23)17-21-11-8-16-32-21/h5-7,9-10,12-15,21,23,29H,3-4,8,11,16-17H2,1-2H3/b24-22-. The number of ether oxygens (including phenoxy) is 1. The van der Waals surface area contributed by atoms with Gasteiger partial charge >= 0.3 is 0 Å². The number of aliphatic hydroxyl groups excluding tert-OH is 1. The molecule has 4 rings (SSSR count). The van der Waals surface area contributed by atoms with E-state index in [1.165, 1.54) is 0 Å². The Morgan fingerprint density at radius 2 is 1.75 bits per heavy atom. The van der Waals surface area contributed by atoms with Crippen LogP contribution >= 0.6 is 0 Å². The quantitative estimate of drug-likeness (QED) is 0.403. The number of hydrogen-bond acceptors (Lipinski definition) is 5. The van der Waals surface area contributed by atoms with Gasteiger partial charge in [0.25, 0.3) is 11.7 Å². The first-order chi connectivity index (χ1) is 15.5. The highest BCUT2D eigenvalue weighted by Crippen LogP contribution is 2.40. The molecule has 2 aliphatic rings. The van der Waals surface area contributed by atoms with Crippen LogP contribution in [0, 0.1) is 0 Å². The Labute approximate surface area is 189 Å². The molecule has 6 nitrogen and oxygen atoms in total. The van der Waals surface area contributed by atoms with Gasteiger partial charge in [-0.25, -0.2) is 0 Å². The number of carbonyl (C=O) groups excluding carboxylic acids is 2. The molecule has 168 valence electrons. The van der Waals surface area contributed by atoms with E-state index in [9.17, 15) is 14.7 Å². The minimum absolute atomic E-state index is 0.0950. The van der Waals surface area contributed by atoms with Crippen molar-refractivity contribution in [3.8, 4) is 0 Å². The summed E-state index contributed by atoms with van der Waals surface area (Å²) in [4.78, 5) is 30.0. The third-order valence-electron chi connectivity index (χ3n) is 6.35. The molecule has 0 bridgehead atoms. The van der Waals surface area contributed by atoms with E-state index in [1.807, 2.05) is 30.3 Å². The van der Waals surface area contributed by atoms with Crippen molar-refractivity contribution < 1.29 is 19.4 Å². The molecular weight excluding hydrogens is 404 g/mol. The topological polar surface area (TPSA) is 70.1 Å². The Balaban J connectivity index is 1.78. The molecule has 2 aliphatic heterocycles. The SMILES string of the molecule is CCN(CC)c1ccc(C2/C(=C(/O)c3ccccc3)C(=O)C(=O)N2CC2CCCO2)cc1.